The molecule has 0 spiro atoms. The van der Waals surface area contributed by atoms with E-state index in [2.05, 4.69) is 15.3 Å². The molecule has 1 saturated heterocycles. The number of nitrogens with zero attached hydrogens (tertiary/aromatic N) is 3. The summed E-state index contributed by atoms with van der Waals surface area (Å²) in [6.45, 7) is 4.52. The number of primary amides is 1. The maximum atomic E-state index is 13.5. The molecule has 1 fully saturated rings. The lowest BCUT2D eigenvalue weighted by Gasteiger charge is -2.31. The highest BCUT2D eigenvalue weighted by molar-refractivity contribution is 5.98. The summed E-state index contributed by atoms with van der Waals surface area (Å²) in [7, 11) is 1.42. The Morgan fingerprint density at radius 3 is 2.53 bits per heavy atom. The van der Waals surface area contributed by atoms with Crippen LogP contribution >= 0.6 is 0 Å². The van der Waals surface area contributed by atoms with Crippen LogP contribution in [-0.4, -0.2) is 42.1 Å². The zero-order chi connectivity index (χ0) is 23.7. The normalized spacial score (nSPS) is 17.3. The maximum absolute atomic E-state index is 13.5. The number of alkyl halides is 3. The van der Waals surface area contributed by atoms with Gasteiger partial charge < -0.3 is 26.4 Å². The lowest BCUT2D eigenvalue weighted by molar-refractivity contribution is -0.137. The predicted molar refractivity (Wildman–Crippen MR) is 115 cm³/mol. The molecule has 0 radical (unpaired) electrons. The van der Waals surface area contributed by atoms with E-state index in [0.29, 0.717) is 24.6 Å². The van der Waals surface area contributed by atoms with Gasteiger partial charge in [-0.3, -0.25) is 4.79 Å². The largest absolute Gasteiger partial charge is 0.416 e. The van der Waals surface area contributed by atoms with Gasteiger partial charge in [-0.2, -0.15) is 18.2 Å². The van der Waals surface area contributed by atoms with Gasteiger partial charge in [0.05, 0.1) is 11.2 Å². The average molecular weight is 452 g/mol. The molecule has 1 atom stereocenters. The number of carbonyl (C=O) groups is 1. The van der Waals surface area contributed by atoms with Crippen LogP contribution in [0.15, 0.2) is 24.4 Å². The Morgan fingerprint density at radius 2 is 1.94 bits per heavy atom. The molecule has 11 heteroatoms. The summed E-state index contributed by atoms with van der Waals surface area (Å²) in [5.74, 6) is -0.474. The summed E-state index contributed by atoms with van der Waals surface area (Å²) >= 11 is 0. The van der Waals surface area contributed by atoms with E-state index >= 15 is 0 Å². The van der Waals surface area contributed by atoms with E-state index in [9.17, 15) is 18.0 Å². The summed E-state index contributed by atoms with van der Waals surface area (Å²) in [5, 5.41) is 2.83. The Bertz CT molecular complexity index is 996. The van der Waals surface area contributed by atoms with Crippen molar-refractivity contribution in [2.45, 2.75) is 44.5 Å². The molecule has 0 bridgehead atoms. The van der Waals surface area contributed by atoms with E-state index in [4.69, 9.17) is 16.2 Å². The first-order valence-corrected chi connectivity index (χ1v) is 10.1. The van der Waals surface area contributed by atoms with Crippen molar-refractivity contribution in [2.75, 3.05) is 30.4 Å². The average Bonchev–Trinajstić information content (AvgIpc) is 2.72. The summed E-state index contributed by atoms with van der Waals surface area (Å²) in [6, 6.07) is 3.45. The first kappa shape index (κ1) is 23.7. The highest BCUT2D eigenvalue weighted by atomic mass is 19.4. The predicted octanol–water partition coefficient (Wildman–Crippen LogP) is 3.15. The number of hydrogen-bond donors (Lipinski definition) is 3. The van der Waals surface area contributed by atoms with E-state index in [1.165, 1.54) is 19.4 Å². The highest BCUT2D eigenvalue weighted by Crippen LogP contribution is 2.36. The minimum Gasteiger partial charge on any atom is -0.374 e. The third kappa shape index (κ3) is 5.28. The lowest BCUT2D eigenvalue weighted by atomic mass is 9.95. The number of nitrogens with two attached hydrogens (primary N) is 2. The number of rotatable bonds is 6. The Labute approximate surface area is 184 Å². The van der Waals surface area contributed by atoms with Crippen LogP contribution in [0.2, 0.25) is 0 Å². The Hall–Kier alpha value is -2.92. The van der Waals surface area contributed by atoms with Crippen molar-refractivity contribution in [1.29, 1.82) is 0 Å². The minimum atomic E-state index is -4.58. The molecule has 1 aromatic carbocycles. The van der Waals surface area contributed by atoms with E-state index in [1.54, 1.807) is 13.8 Å². The van der Waals surface area contributed by atoms with Crippen molar-refractivity contribution in [3.63, 3.8) is 0 Å². The number of piperidine rings is 1. The van der Waals surface area contributed by atoms with Crippen LogP contribution in [0.4, 0.5) is 30.6 Å². The topological polar surface area (TPSA) is 119 Å². The fraction of sp³-hybridized carbons (Fsp3) is 0.476. The molecule has 32 heavy (non-hydrogen) atoms. The van der Waals surface area contributed by atoms with Gasteiger partial charge in [-0.15, -0.1) is 0 Å². The van der Waals surface area contributed by atoms with Crippen LogP contribution < -0.4 is 21.7 Å². The molecule has 1 aliphatic rings. The van der Waals surface area contributed by atoms with Gasteiger partial charge in [0.25, 0.3) is 5.91 Å². The van der Waals surface area contributed by atoms with Crippen molar-refractivity contribution < 1.29 is 22.7 Å². The van der Waals surface area contributed by atoms with Gasteiger partial charge in [0.15, 0.2) is 0 Å². The number of ether oxygens (including phenoxy) is 1. The molecule has 8 nitrogen and oxygen atoms in total. The van der Waals surface area contributed by atoms with Crippen LogP contribution in [0.25, 0.3) is 0 Å². The van der Waals surface area contributed by atoms with E-state index in [-0.39, 0.29) is 23.1 Å². The van der Waals surface area contributed by atoms with E-state index < -0.39 is 23.2 Å². The molecule has 2 aromatic rings. The molecule has 1 amide bonds. The number of nitrogens with one attached hydrogen (secondary N) is 1. The van der Waals surface area contributed by atoms with Crippen LogP contribution in [-0.2, 0) is 16.5 Å². The number of hydrogen-bond acceptors (Lipinski definition) is 7. The van der Waals surface area contributed by atoms with Crippen LogP contribution in [0.3, 0.4) is 0 Å². The zero-order valence-corrected chi connectivity index (χ0v) is 18.2. The van der Waals surface area contributed by atoms with Crippen molar-refractivity contribution >= 4 is 23.4 Å². The molecule has 3 rings (SSSR count). The molecule has 0 unspecified atom stereocenters. The molecule has 1 aliphatic heterocycles. The van der Waals surface area contributed by atoms with Crippen molar-refractivity contribution in [3.05, 3.63) is 41.1 Å². The third-order valence-electron chi connectivity index (χ3n) is 5.51. The van der Waals surface area contributed by atoms with Gasteiger partial charge in [0, 0.05) is 38.1 Å². The first-order valence-electron chi connectivity index (χ1n) is 10.1. The second kappa shape index (κ2) is 8.91. The third-order valence-corrected chi connectivity index (χ3v) is 5.51. The summed E-state index contributed by atoms with van der Waals surface area (Å²) in [5.41, 5.74) is 9.97. The van der Waals surface area contributed by atoms with Crippen molar-refractivity contribution in [1.82, 2.24) is 9.97 Å². The van der Waals surface area contributed by atoms with Gasteiger partial charge in [0.1, 0.15) is 11.4 Å². The summed E-state index contributed by atoms with van der Waals surface area (Å²) in [4.78, 5) is 22.4. The summed E-state index contributed by atoms with van der Waals surface area (Å²) in [6.07, 6.45) is -1.58. The Kier molecular flexibility index (Phi) is 6.61. The first-order chi connectivity index (χ1) is 14.9. The smallest absolute Gasteiger partial charge is 0.374 e. The fourth-order valence-corrected chi connectivity index (χ4v) is 3.46. The van der Waals surface area contributed by atoms with Crippen molar-refractivity contribution in [2.24, 2.45) is 11.5 Å². The van der Waals surface area contributed by atoms with Crippen LogP contribution in [0.5, 0.6) is 0 Å². The molecule has 0 saturated carbocycles. The van der Waals surface area contributed by atoms with Crippen molar-refractivity contribution in [3.8, 4) is 0 Å². The molecular weight excluding hydrogens is 425 g/mol. The number of aromatic nitrogens is 2. The number of anilines is 3. The highest BCUT2D eigenvalue weighted by Gasteiger charge is 2.33. The standard InChI is InChI=1S/C21H27F3N6O2/c1-20(2,32-3)12-7-13(21(22,23)24)9-15(8-12)28-18-16(17(26)31)10-27-19(29-18)30-6-4-5-14(25)11-30/h7-10,14H,4-6,11,25H2,1-3H3,(H2,26,31)(H,27,28,29)/t14-/m0/s1. The van der Waals surface area contributed by atoms with E-state index in [0.717, 1.165) is 25.0 Å². The fourth-order valence-electron chi connectivity index (χ4n) is 3.46. The molecule has 174 valence electrons. The molecule has 2 heterocycles. The van der Waals surface area contributed by atoms with Gasteiger partial charge in [-0.25, -0.2) is 4.98 Å². The number of carbonyl (C=O) groups excluding carboxylic acids is 1. The second-order valence-electron chi connectivity index (χ2n) is 8.28. The van der Waals surface area contributed by atoms with Crippen LogP contribution in [0, 0.1) is 0 Å². The second-order valence-corrected chi connectivity index (χ2v) is 8.28. The monoisotopic (exact) mass is 452 g/mol. The Balaban J connectivity index is 2.05. The van der Waals surface area contributed by atoms with Crippen LogP contribution in [0.1, 0.15) is 48.2 Å². The molecule has 5 N–H and O–H groups in total. The van der Waals surface area contributed by atoms with Gasteiger partial charge in [-0.05, 0) is 50.5 Å². The van der Waals surface area contributed by atoms with Gasteiger partial charge in [-0.1, -0.05) is 0 Å². The SMILES string of the molecule is COC(C)(C)c1cc(Nc2nc(N3CCC[C@H](N)C3)ncc2C(N)=O)cc(C(F)(F)F)c1. The molecule has 0 aliphatic carbocycles. The van der Waals surface area contributed by atoms with E-state index in [1.807, 2.05) is 4.90 Å². The van der Waals surface area contributed by atoms with Gasteiger partial charge >= 0.3 is 6.18 Å². The lowest BCUT2D eigenvalue weighted by Crippen LogP contribution is -2.43. The quantitative estimate of drug-likeness (QED) is 0.616. The molecular formula is C21H27F3N6O2. The molecule has 1 aromatic heterocycles. The number of methoxy groups -OCH3 is 1. The number of halogens is 3. The zero-order valence-electron chi connectivity index (χ0n) is 18.2. The maximum Gasteiger partial charge on any atom is 0.416 e. The number of amides is 1. The minimum absolute atomic E-state index is 0.0159. The Morgan fingerprint density at radius 1 is 1.25 bits per heavy atom. The summed E-state index contributed by atoms with van der Waals surface area (Å²) < 4.78 is 46.0. The van der Waals surface area contributed by atoms with Gasteiger partial charge in [0.2, 0.25) is 5.95 Å². The number of benzene rings is 1.